The molecule has 0 saturated heterocycles. The number of unbranched alkanes of at least 4 members (excludes halogenated alkanes) is 2. The van der Waals surface area contributed by atoms with Crippen molar-refractivity contribution >= 4 is 21.1 Å². The zero-order chi connectivity index (χ0) is 12.9. The maximum absolute atomic E-state index is 8.66. The van der Waals surface area contributed by atoms with Crippen LogP contribution in [0.4, 0.5) is 0 Å². The van der Waals surface area contributed by atoms with Crippen molar-refractivity contribution in [2.24, 2.45) is 0 Å². The Labute approximate surface area is 111 Å². The van der Waals surface area contributed by atoms with Gasteiger partial charge in [-0.05, 0) is 6.92 Å². The third-order valence-electron chi connectivity index (χ3n) is 2.27. The van der Waals surface area contributed by atoms with Crippen LogP contribution in [0.5, 0.6) is 0 Å². The molecule has 16 heavy (non-hydrogen) atoms. The van der Waals surface area contributed by atoms with Gasteiger partial charge in [0.25, 0.3) is 0 Å². The molecule has 0 rings (SSSR count). The maximum atomic E-state index is 8.66. The Morgan fingerprint density at radius 2 is 1.50 bits per heavy atom. The molecule has 0 bridgehead atoms. The van der Waals surface area contributed by atoms with E-state index in [-0.39, 0.29) is 21.1 Å². The number of aliphatic hydroxyl groups is 1. The summed E-state index contributed by atoms with van der Waals surface area (Å²) < 4.78 is 3.25. The summed E-state index contributed by atoms with van der Waals surface area (Å²) in [6.07, 6.45) is 6.22. The van der Waals surface area contributed by atoms with Crippen LogP contribution in [0.25, 0.3) is 0 Å². The summed E-state index contributed by atoms with van der Waals surface area (Å²) in [6.45, 7) is 7.67. The Kier molecular flexibility index (Phi) is 16.3. The number of hydrogen-bond acceptors (Lipinski definition) is 3. The molecular formula is C12H28O3Sn. The predicted octanol–water partition coefficient (Wildman–Crippen LogP) is 3.72. The van der Waals surface area contributed by atoms with Gasteiger partial charge in [-0.25, -0.2) is 10.1 Å². The van der Waals surface area contributed by atoms with Crippen LogP contribution in [0, 0.1) is 0 Å². The average molecular weight is 339 g/mol. The summed E-state index contributed by atoms with van der Waals surface area (Å²) in [5.74, 6) is -1.36. The summed E-state index contributed by atoms with van der Waals surface area (Å²) >= 11 is 0.149. The fourth-order valence-electron chi connectivity index (χ4n) is 0.793. The van der Waals surface area contributed by atoms with Crippen LogP contribution in [0.15, 0.2) is 0 Å². The van der Waals surface area contributed by atoms with E-state index in [0.29, 0.717) is 6.42 Å². The topological polar surface area (TPSA) is 49.7 Å². The van der Waals surface area contributed by atoms with E-state index in [4.69, 9.17) is 10.4 Å². The van der Waals surface area contributed by atoms with E-state index >= 15 is 0 Å². The van der Waals surface area contributed by atoms with Crippen molar-refractivity contribution < 1.29 is 15.3 Å². The second kappa shape index (κ2) is 13.7. The van der Waals surface area contributed by atoms with Gasteiger partial charge in [0.05, 0.1) is 0 Å². The molecule has 1 unspecified atom stereocenters. The molecule has 98 valence electrons. The third kappa shape index (κ3) is 17.1. The van der Waals surface area contributed by atoms with Crippen molar-refractivity contribution in [3.8, 4) is 0 Å². The van der Waals surface area contributed by atoms with E-state index < -0.39 is 5.79 Å². The minimum absolute atomic E-state index is 0.149. The van der Waals surface area contributed by atoms with E-state index in [0.717, 1.165) is 0 Å². The third-order valence-corrected chi connectivity index (χ3v) is 6.30. The first-order chi connectivity index (χ1) is 7.54. The first-order valence-corrected chi connectivity index (χ1v) is 10.3. The Morgan fingerprint density at radius 3 is 1.69 bits per heavy atom. The zero-order valence-electron chi connectivity index (χ0n) is 11.3. The van der Waals surface area contributed by atoms with E-state index in [1.54, 1.807) is 15.8 Å². The molecule has 0 amide bonds. The van der Waals surface area contributed by atoms with Crippen molar-refractivity contribution in [2.45, 2.75) is 74.5 Å². The van der Waals surface area contributed by atoms with Crippen molar-refractivity contribution in [3.05, 3.63) is 0 Å². The van der Waals surface area contributed by atoms with Crippen LogP contribution in [0.3, 0.4) is 0 Å². The second-order valence-electron chi connectivity index (χ2n) is 4.08. The number of rotatable bonds is 8. The van der Waals surface area contributed by atoms with Gasteiger partial charge in [-0.1, -0.05) is 6.92 Å². The van der Waals surface area contributed by atoms with Crippen molar-refractivity contribution in [1.82, 2.24) is 0 Å². The van der Waals surface area contributed by atoms with Gasteiger partial charge in [0, 0.05) is 6.42 Å². The van der Waals surface area contributed by atoms with Crippen LogP contribution in [0.1, 0.15) is 59.8 Å². The molecule has 4 heteroatoms. The first-order valence-electron chi connectivity index (χ1n) is 6.29. The summed E-state index contributed by atoms with van der Waals surface area (Å²) in [6, 6.07) is 0. The van der Waals surface area contributed by atoms with Crippen molar-refractivity contribution in [1.29, 1.82) is 0 Å². The molecule has 3 nitrogen and oxygen atoms in total. The summed E-state index contributed by atoms with van der Waals surface area (Å²) in [7, 11) is 0. The molecule has 0 aliphatic heterocycles. The monoisotopic (exact) mass is 340 g/mol. The van der Waals surface area contributed by atoms with Gasteiger partial charge >= 0.3 is 69.5 Å². The minimum atomic E-state index is -1.36. The van der Waals surface area contributed by atoms with Crippen LogP contribution < -0.4 is 0 Å². The summed E-state index contributed by atoms with van der Waals surface area (Å²) in [5, 5.41) is 16.5. The van der Waals surface area contributed by atoms with Crippen LogP contribution >= 0.6 is 0 Å². The van der Waals surface area contributed by atoms with Gasteiger partial charge in [0.2, 0.25) is 0 Å². The standard InChI is InChI=1S/C4H10O3.2C4H9.Sn/c1-3-4(2,5)7-6;2*1-3-4-2;/h5-6H,3H2,1-2H3;2*1,3-4H2,2H3;. The fourth-order valence-corrected chi connectivity index (χ4v) is 4.95. The normalized spacial score (nSPS) is 13.9. The van der Waals surface area contributed by atoms with Crippen molar-refractivity contribution in [2.75, 3.05) is 0 Å². The molecule has 0 heterocycles. The fraction of sp³-hybridized carbons (Fsp3) is 1.00. The molecule has 0 aromatic carbocycles. The second-order valence-corrected chi connectivity index (χ2v) is 8.36. The quantitative estimate of drug-likeness (QED) is 0.233. The van der Waals surface area contributed by atoms with Crippen LogP contribution in [-0.4, -0.2) is 37.3 Å². The molecule has 0 aliphatic carbocycles. The average Bonchev–Trinajstić information content (AvgIpc) is 2.30. The Hall–Kier alpha value is 0.679. The van der Waals surface area contributed by atoms with Crippen LogP contribution in [-0.2, 0) is 4.89 Å². The molecule has 0 spiro atoms. The molecule has 1 atom stereocenters. The molecular weight excluding hydrogens is 311 g/mol. The number of hydrogen-bond donors (Lipinski definition) is 2. The van der Waals surface area contributed by atoms with Gasteiger partial charge in [0.15, 0.2) is 5.79 Å². The van der Waals surface area contributed by atoms with E-state index in [1.165, 1.54) is 32.6 Å². The SMILES string of the molecule is CCC(C)(O)OO.CCC[CH2][Sn][CH2]CCC. The molecule has 0 fully saturated rings. The molecule has 0 aromatic rings. The molecule has 2 N–H and O–H groups in total. The molecule has 0 aromatic heterocycles. The molecule has 0 aliphatic rings. The van der Waals surface area contributed by atoms with E-state index in [1.807, 2.05) is 0 Å². The Bertz CT molecular complexity index is 117. The zero-order valence-corrected chi connectivity index (χ0v) is 14.1. The molecule has 2 radical (unpaired) electrons. The van der Waals surface area contributed by atoms with Gasteiger partial charge in [0.1, 0.15) is 0 Å². The van der Waals surface area contributed by atoms with E-state index in [2.05, 4.69) is 18.7 Å². The van der Waals surface area contributed by atoms with Gasteiger partial charge in [-0.3, -0.25) is 0 Å². The Balaban J connectivity index is 0. The first kappa shape index (κ1) is 19.0. The van der Waals surface area contributed by atoms with E-state index in [9.17, 15) is 0 Å². The summed E-state index contributed by atoms with van der Waals surface area (Å²) in [5.41, 5.74) is 0. The van der Waals surface area contributed by atoms with Gasteiger partial charge in [-0.15, -0.1) is 0 Å². The Morgan fingerprint density at radius 1 is 1.06 bits per heavy atom. The van der Waals surface area contributed by atoms with Gasteiger partial charge < -0.3 is 5.11 Å². The molecule has 0 saturated carbocycles. The predicted molar refractivity (Wildman–Crippen MR) is 69.8 cm³/mol. The van der Waals surface area contributed by atoms with Gasteiger partial charge in [-0.2, -0.15) is 0 Å². The van der Waals surface area contributed by atoms with Crippen molar-refractivity contribution in [3.63, 3.8) is 0 Å². The summed E-state index contributed by atoms with van der Waals surface area (Å²) in [4.78, 5) is 3.64. The van der Waals surface area contributed by atoms with Crippen LogP contribution in [0.2, 0.25) is 8.87 Å².